The lowest BCUT2D eigenvalue weighted by Crippen LogP contribution is -2.24. The van der Waals surface area contributed by atoms with E-state index < -0.39 is 11.8 Å². The Bertz CT molecular complexity index is 1560. The molecule has 0 spiro atoms. The highest BCUT2D eigenvalue weighted by molar-refractivity contribution is 6.32. The van der Waals surface area contributed by atoms with Crippen LogP contribution in [0.2, 0.25) is 5.02 Å². The number of nitrogens with zero attached hydrogens (tertiary/aromatic N) is 8. The number of hydrogen-bond donors (Lipinski definition) is 2. The molecule has 1 aliphatic carbocycles. The molecule has 37 heavy (non-hydrogen) atoms. The number of nitrogens with one attached hydrogen (secondary N) is 2. The molecule has 5 rings (SSSR count). The number of anilines is 1. The first-order chi connectivity index (χ1) is 17.9. The molecule has 1 fully saturated rings. The Kier molecular flexibility index (Phi) is 6.37. The summed E-state index contributed by atoms with van der Waals surface area (Å²) in [4.78, 5) is 31.8. The van der Waals surface area contributed by atoms with Gasteiger partial charge in [-0.3, -0.25) is 9.59 Å². The first-order valence-corrected chi connectivity index (χ1v) is 11.8. The Morgan fingerprint density at radius 2 is 2.03 bits per heavy atom. The van der Waals surface area contributed by atoms with Gasteiger partial charge in [0.1, 0.15) is 12.2 Å². The molecule has 12 nitrogen and oxygen atoms in total. The molecule has 0 radical (unpaired) electrons. The SMILES string of the molecule is CNC(=O)c1cc(C#N)cc(C)c1NC(=O)c1cc(Cn2nnc(C3CC3)n2)nn1-c1ncccc1Cl. The van der Waals surface area contributed by atoms with Crippen molar-refractivity contribution < 1.29 is 9.59 Å². The quantitative estimate of drug-likeness (QED) is 0.379. The van der Waals surface area contributed by atoms with E-state index in [1.165, 1.54) is 22.6 Å². The third-order valence-corrected chi connectivity index (χ3v) is 6.12. The Balaban J connectivity index is 1.53. The fourth-order valence-corrected chi connectivity index (χ4v) is 4.05. The first kappa shape index (κ1) is 24.1. The minimum absolute atomic E-state index is 0.129. The van der Waals surface area contributed by atoms with E-state index in [2.05, 4.69) is 36.1 Å². The van der Waals surface area contributed by atoms with Crippen molar-refractivity contribution >= 4 is 29.1 Å². The predicted octanol–water partition coefficient (Wildman–Crippen LogP) is 2.62. The number of benzene rings is 1. The molecular weight excluding hydrogens is 496 g/mol. The summed E-state index contributed by atoms with van der Waals surface area (Å²) >= 11 is 6.38. The highest BCUT2D eigenvalue weighted by Crippen LogP contribution is 2.37. The van der Waals surface area contributed by atoms with Crippen molar-refractivity contribution in [3.63, 3.8) is 0 Å². The number of nitriles is 1. The second-order valence-corrected chi connectivity index (χ2v) is 8.96. The van der Waals surface area contributed by atoms with Gasteiger partial charge in [-0.2, -0.15) is 15.2 Å². The van der Waals surface area contributed by atoms with Gasteiger partial charge in [0.05, 0.1) is 33.6 Å². The van der Waals surface area contributed by atoms with Gasteiger partial charge in [-0.15, -0.1) is 10.2 Å². The van der Waals surface area contributed by atoms with E-state index >= 15 is 0 Å². The summed E-state index contributed by atoms with van der Waals surface area (Å²) in [6.45, 7) is 1.88. The van der Waals surface area contributed by atoms with Gasteiger partial charge in [-0.1, -0.05) is 11.6 Å². The van der Waals surface area contributed by atoms with Crippen molar-refractivity contribution in [3.05, 3.63) is 75.5 Å². The van der Waals surface area contributed by atoms with E-state index in [1.807, 2.05) is 6.07 Å². The molecular formula is C24H21ClN10O2. The van der Waals surface area contributed by atoms with E-state index in [1.54, 1.807) is 37.4 Å². The van der Waals surface area contributed by atoms with Crippen LogP contribution in [-0.4, -0.2) is 53.8 Å². The molecule has 0 bridgehead atoms. The number of hydrogen-bond acceptors (Lipinski definition) is 8. The zero-order chi connectivity index (χ0) is 26.1. The molecule has 0 saturated heterocycles. The van der Waals surface area contributed by atoms with Crippen molar-refractivity contribution in [1.29, 1.82) is 5.26 Å². The Morgan fingerprint density at radius 1 is 1.22 bits per heavy atom. The summed E-state index contributed by atoms with van der Waals surface area (Å²) in [5.41, 5.74) is 1.89. The number of aromatic nitrogens is 7. The minimum atomic E-state index is -0.552. The average molecular weight is 517 g/mol. The molecule has 0 atom stereocenters. The zero-order valence-corrected chi connectivity index (χ0v) is 20.7. The molecule has 0 aliphatic heterocycles. The summed E-state index contributed by atoms with van der Waals surface area (Å²) in [6.07, 6.45) is 3.64. The van der Waals surface area contributed by atoms with Crippen LogP contribution in [0.4, 0.5) is 5.69 Å². The number of tetrazole rings is 1. The summed E-state index contributed by atoms with van der Waals surface area (Å²) in [7, 11) is 1.47. The summed E-state index contributed by atoms with van der Waals surface area (Å²) in [5, 5.41) is 32.1. The molecule has 1 saturated carbocycles. The molecule has 186 valence electrons. The van der Waals surface area contributed by atoms with Crippen LogP contribution in [0.3, 0.4) is 0 Å². The summed E-state index contributed by atoms with van der Waals surface area (Å²) in [6, 6.07) is 9.94. The van der Waals surface area contributed by atoms with Crippen LogP contribution in [0, 0.1) is 18.3 Å². The topological polar surface area (TPSA) is 156 Å². The molecule has 1 aliphatic rings. The van der Waals surface area contributed by atoms with Crippen LogP contribution in [-0.2, 0) is 6.54 Å². The maximum absolute atomic E-state index is 13.6. The van der Waals surface area contributed by atoms with Crippen LogP contribution in [0.25, 0.3) is 5.82 Å². The Labute approximate surface area is 216 Å². The van der Waals surface area contributed by atoms with Gasteiger partial charge in [0.15, 0.2) is 11.6 Å². The van der Waals surface area contributed by atoms with Crippen molar-refractivity contribution in [2.75, 3.05) is 12.4 Å². The molecule has 13 heteroatoms. The largest absolute Gasteiger partial charge is 0.355 e. The van der Waals surface area contributed by atoms with Gasteiger partial charge in [0, 0.05) is 19.2 Å². The highest BCUT2D eigenvalue weighted by atomic mass is 35.5. The number of aryl methyl sites for hydroxylation is 1. The van der Waals surface area contributed by atoms with E-state index in [0.29, 0.717) is 33.6 Å². The molecule has 4 aromatic rings. The van der Waals surface area contributed by atoms with Gasteiger partial charge in [0.25, 0.3) is 11.8 Å². The van der Waals surface area contributed by atoms with E-state index in [0.717, 1.165) is 12.8 Å². The molecule has 0 unspecified atom stereocenters. The number of amides is 2. The number of rotatable bonds is 7. The maximum Gasteiger partial charge on any atom is 0.274 e. The normalized spacial score (nSPS) is 12.7. The van der Waals surface area contributed by atoms with Gasteiger partial charge in [0.2, 0.25) is 0 Å². The van der Waals surface area contributed by atoms with Crippen LogP contribution in [0.15, 0.2) is 36.5 Å². The fourth-order valence-electron chi connectivity index (χ4n) is 3.85. The van der Waals surface area contributed by atoms with Crippen molar-refractivity contribution in [2.45, 2.75) is 32.2 Å². The van der Waals surface area contributed by atoms with Crippen LogP contribution in [0.5, 0.6) is 0 Å². The standard InChI is InChI=1S/C24H21ClN10O2/c1-13-8-14(11-26)9-17(23(36)27-2)20(13)29-24(37)19-10-16(12-34-32-21(30-33-34)15-5-6-15)31-35(19)22-18(25)4-3-7-28-22/h3-4,7-10,15H,5-6,12H2,1-2H3,(H,27,36)(H,29,37). The molecule has 1 aromatic carbocycles. The lowest BCUT2D eigenvalue weighted by molar-refractivity contribution is 0.0964. The van der Waals surface area contributed by atoms with Gasteiger partial charge in [-0.25, -0.2) is 9.67 Å². The molecule has 3 heterocycles. The smallest absolute Gasteiger partial charge is 0.274 e. The number of carbonyl (C=O) groups excluding carboxylic acids is 2. The first-order valence-electron chi connectivity index (χ1n) is 11.4. The second-order valence-electron chi connectivity index (χ2n) is 8.55. The predicted molar refractivity (Wildman–Crippen MR) is 133 cm³/mol. The van der Waals surface area contributed by atoms with E-state index in [9.17, 15) is 14.9 Å². The van der Waals surface area contributed by atoms with E-state index in [-0.39, 0.29) is 29.3 Å². The fraction of sp³-hybridized carbons (Fsp3) is 0.250. The molecule has 2 N–H and O–H groups in total. The summed E-state index contributed by atoms with van der Waals surface area (Å²) in [5.74, 6) is 0.312. The highest BCUT2D eigenvalue weighted by Gasteiger charge is 2.28. The molecule has 2 amide bonds. The number of halogens is 1. The third-order valence-electron chi connectivity index (χ3n) is 5.82. The second kappa shape index (κ2) is 9.79. The van der Waals surface area contributed by atoms with Crippen molar-refractivity contribution in [1.82, 2.24) is 40.3 Å². The Hall–Kier alpha value is -4.63. The van der Waals surface area contributed by atoms with Crippen LogP contribution in [0.1, 0.15) is 62.3 Å². The zero-order valence-electron chi connectivity index (χ0n) is 19.9. The monoisotopic (exact) mass is 516 g/mol. The van der Waals surface area contributed by atoms with Crippen LogP contribution < -0.4 is 10.6 Å². The van der Waals surface area contributed by atoms with Gasteiger partial charge >= 0.3 is 0 Å². The summed E-state index contributed by atoms with van der Waals surface area (Å²) < 4.78 is 1.34. The Morgan fingerprint density at radius 3 is 2.73 bits per heavy atom. The number of carbonyl (C=O) groups is 2. The third kappa shape index (κ3) is 4.89. The molecule has 3 aromatic heterocycles. The minimum Gasteiger partial charge on any atom is -0.355 e. The van der Waals surface area contributed by atoms with E-state index in [4.69, 9.17) is 11.6 Å². The average Bonchev–Trinajstić information content (AvgIpc) is 3.50. The lowest BCUT2D eigenvalue weighted by Gasteiger charge is -2.14. The van der Waals surface area contributed by atoms with Crippen molar-refractivity contribution in [3.8, 4) is 11.9 Å². The lowest BCUT2D eigenvalue weighted by atomic mass is 10.0. The maximum atomic E-state index is 13.6. The number of pyridine rings is 1. The van der Waals surface area contributed by atoms with Crippen LogP contribution >= 0.6 is 11.6 Å². The van der Waals surface area contributed by atoms with Crippen molar-refractivity contribution in [2.24, 2.45) is 0 Å². The van der Waals surface area contributed by atoms with Gasteiger partial charge in [-0.05, 0) is 60.9 Å². The van der Waals surface area contributed by atoms with Gasteiger partial charge < -0.3 is 10.6 Å².